The zero-order valence-electron chi connectivity index (χ0n) is 13.1. The summed E-state index contributed by atoms with van der Waals surface area (Å²) in [6, 6.07) is 7.44. The fourth-order valence-corrected chi connectivity index (χ4v) is 3.02. The summed E-state index contributed by atoms with van der Waals surface area (Å²) in [6.07, 6.45) is 0. The summed E-state index contributed by atoms with van der Waals surface area (Å²) in [7, 11) is 0. The Labute approximate surface area is 150 Å². The van der Waals surface area contributed by atoms with E-state index in [0.29, 0.717) is 23.4 Å². The summed E-state index contributed by atoms with van der Waals surface area (Å²) in [4.78, 5) is 36.3. The standard InChI is InChI=1S/C17H11F3N2O3S/c18-12-5-10(6-13(19)15(12)20)16(24)21-11-3-1-9(2-4-11)7-22-14(23)8-26-17(22)25/h1-6H,7-8H2,(H,21,24). The SMILES string of the molecule is O=C(Nc1ccc(CN2C(=O)CSC2=O)cc1)c1cc(F)c(F)c(F)c1. The number of hydrogen-bond donors (Lipinski definition) is 1. The van der Waals surface area contributed by atoms with Crippen LogP contribution in [-0.4, -0.2) is 27.7 Å². The average molecular weight is 380 g/mol. The minimum atomic E-state index is -1.64. The van der Waals surface area contributed by atoms with Gasteiger partial charge in [0.2, 0.25) is 5.91 Å². The van der Waals surface area contributed by atoms with Crippen molar-refractivity contribution in [2.75, 3.05) is 11.1 Å². The van der Waals surface area contributed by atoms with E-state index in [1.165, 1.54) is 12.1 Å². The molecule has 1 N–H and O–H groups in total. The van der Waals surface area contributed by atoms with Crippen LogP contribution in [0.5, 0.6) is 0 Å². The number of imide groups is 1. The Morgan fingerprint density at radius 3 is 2.23 bits per heavy atom. The minimum absolute atomic E-state index is 0.118. The van der Waals surface area contributed by atoms with Crippen LogP contribution in [0, 0.1) is 17.5 Å². The summed E-state index contributed by atoms with van der Waals surface area (Å²) in [5.41, 5.74) is 0.638. The molecule has 0 atom stereocenters. The number of halogens is 3. The smallest absolute Gasteiger partial charge is 0.289 e. The molecule has 0 unspecified atom stereocenters. The Morgan fingerprint density at radius 2 is 1.69 bits per heavy atom. The van der Waals surface area contributed by atoms with Gasteiger partial charge in [-0.05, 0) is 29.8 Å². The summed E-state index contributed by atoms with van der Waals surface area (Å²) in [5, 5.41) is 2.11. The number of nitrogens with one attached hydrogen (secondary N) is 1. The van der Waals surface area contributed by atoms with Crippen LogP contribution in [0.2, 0.25) is 0 Å². The number of carbonyl (C=O) groups is 3. The summed E-state index contributed by atoms with van der Waals surface area (Å²) in [5.74, 6) is -5.51. The van der Waals surface area contributed by atoms with Crippen molar-refractivity contribution >= 4 is 34.5 Å². The molecule has 1 aliphatic heterocycles. The third kappa shape index (κ3) is 3.72. The van der Waals surface area contributed by atoms with Gasteiger partial charge in [-0.1, -0.05) is 23.9 Å². The first kappa shape index (κ1) is 18.0. The molecule has 134 valence electrons. The topological polar surface area (TPSA) is 66.5 Å². The lowest BCUT2D eigenvalue weighted by atomic mass is 10.1. The van der Waals surface area contributed by atoms with Crippen LogP contribution in [-0.2, 0) is 11.3 Å². The Bertz CT molecular complexity index is 864. The number of carbonyl (C=O) groups excluding carboxylic acids is 3. The van der Waals surface area contributed by atoms with Crippen molar-refractivity contribution in [1.82, 2.24) is 4.90 Å². The van der Waals surface area contributed by atoms with Gasteiger partial charge < -0.3 is 5.32 Å². The molecule has 1 heterocycles. The average Bonchev–Trinajstić information content (AvgIpc) is 2.92. The van der Waals surface area contributed by atoms with E-state index < -0.39 is 23.4 Å². The molecule has 0 aromatic heterocycles. The van der Waals surface area contributed by atoms with E-state index in [4.69, 9.17) is 0 Å². The number of benzene rings is 2. The van der Waals surface area contributed by atoms with Gasteiger partial charge in [-0.2, -0.15) is 0 Å². The molecule has 3 amide bonds. The molecule has 0 bridgehead atoms. The van der Waals surface area contributed by atoms with Crippen molar-refractivity contribution < 1.29 is 27.6 Å². The largest absolute Gasteiger partial charge is 0.322 e. The predicted molar refractivity (Wildman–Crippen MR) is 89.1 cm³/mol. The highest BCUT2D eigenvalue weighted by atomic mass is 32.2. The zero-order chi connectivity index (χ0) is 18.8. The predicted octanol–water partition coefficient (Wildman–Crippen LogP) is 3.55. The first-order chi connectivity index (χ1) is 12.3. The van der Waals surface area contributed by atoms with E-state index in [2.05, 4.69) is 5.32 Å². The van der Waals surface area contributed by atoms with Gasteiger partial charge >= 0.3 is 0 Å². The van der Waals surface area contributed by atoms with E-state index in [0.717, 1.165) is 16.7 Å². The molecule has 26 heavy (non-hydrogen) atoms. The fraction of sp³-hybridized carbons (Fsp3) is 0.118. The van der Waals surface area contributed by atoms with Gasteiger partial charge in [0.05, 0.1) is 12.3 Å². The molecule has 9 heteroatoms. The molecule has 3 rings (SSSR count). The summed E-state index contributed by atoms with van der Waals surface area (Å²) in [6.45, 7) is 0.118. The van der Waals surface area contributed by atoms with Gasteiger partial charge in [0.25, 0.3) is 11.1 Å². The first-order valence-electron chi connectivity index (χ1n) is 7.37. The third-order valence-electron chi connectivity index (χ3n) is 3.64. The monoisotopic (exact) mass is 380 g/mol. The zero-order valence-corrected chi connectivity index (χ0v) is 13.9. The van der Waals surface area contributed by atoms with Crippen LogP contribution in [0.25, 0.3) is 0 Å². The molecule has 0 radical (unpaired) electrons. The van der Waals surface area contributed by atoms with Crippen LogP contribution in [0.4, 0.5) is 23.7 Å². The van der Waals surface area contributed by atoms with Gasteiger partial charge in [-0.25, -0.2) is 13.2 Å². The quantitative estimate of drug-likeness (QED) is 0.824. The van der Waals surface area contributed by atoms with Gasteiger partial charge in [-0.15, -0.1) is 0 Å². The molecule has 1 fully saturated rings. The van der Waals surface area contributed by atoms with Crippen LogP contribution < -0.4 is 5.32 Å². The van der Waals surface area contributed by atoms with Crippen molar-refractivity contribution in [3.63, 3.8) is 0 Å². The number of thioether (sulfide) groups is 1. The molecule has 2 aromatic carbocycles. The molecule has 1 saturated heterocycles. The Morgan fingerprint density at radius 1 is 1.08 bits per heavy atom. The van der Waals surface area contributed by atoms with Crippen molar-refractivity contribution in [1.29, 1.82) is 0 Å². The first-order valence-corrected chi connectivity index (χ1v) is 8.35. The van der Waals surface area contributed by atoms with Crippen LogP contribution in [0.15, 0.2) is 36.4 Å². The second kappa shape index (κ2) is 7.20. The highest BCUT2D eigenvalue weighted by Gasteiger charge is 2.29. The Hall–Kier alpha value is -2.81. The van der Waals surface area contributed by atoms with Crippen molar-refractivity contribution in [3.8, 4) is 0 Å². The van der Waals surface area contributed by atoms with E-state index >= 15 is 0 Å². The van der Waals surface area contributed by atoms with E-state index in [-0.39, 0.29) is 29.0 Å². The number of amides is 3. The highest BCUT2D eigenvalue weighted by molar-refractivity contribution is 8.14. The van der Waals surface area contributed by atoms with Gasteiger partial charge in [0.1, 0.15) is 0 Å². The van der Waals surface area contributed by atoms with Crippen LogP contribution in [0.3, 0.4) is 0 Å². The maximum atomic E-state index is 13.2. The molecule has 5 nitrogen and oxygen atoms in total. The molecule has 0 spiro atoms. The third-order valence-corrected chi connectivity index (χ3v) is 4.50. The highest BCUT2D eigenvalue weighted by Crippen LogP contribution is 2.22. The summed E-state index contributed by atoms with van der Waals surface area (Å²) >= 11 is 0.938. The number of hydrogen-bond acceptors (Lipinski definition) is 4. The molecular formula is C17H11F3N2O3S. The van der Waals surface area contributed by atoms with Crippen molar-refractivity contribution in [2.45, 2.75) is 6.54 Å². The second-order valence-corrected chi connectivity index (χ2v) is 6.37. The maximum Gasteiger partial charge on any atom is 0.289 e. The Kier molecular flexibility index (Phi) is 4.99. The molecular weight excluding hydrogens is 369 g/mol. The van der Waals surface area contributed by atoms with E-state index in [9.17, 15) is 27.6 Å². The normalized spacial score (nSPS) is 14.0. The lowest BCUT2D eigenvalue weighted by Crippen LogP contribution is -2.27. The molecule has 0 saturated carbocycles. The number of anilines is 1. The number of nitrogens with zero attached hydrogens (tertiary/aromatic N) is 1. The van der Waals surface area contributed by atoms with Crippen LogP contribution >= 0.6 is 11.8 Å². The van der Waals surface area contributed by atoms with Crippen molar-refractivity contribution in [3.05, 3.63) is 65.0 Å². The van der Waals surface area contributed by atoms with Gasteiger partial charge in [-0.3, -0.25) is 19.3 Å². The maximum absolute atomic E-state index is 13.2. The molecule has 1 aliphatic rings. The Balaban J connectivity index is 1.68. The summed E-state index contributed by atoms with van der Waals surface area (Å²) < 4.78 is 39.3. The van der Waals surface area contributed by atoms with Gasteiger partial charge in [0, 0.05) is 11.3 Å². The van der Waals surface area contributed by atoms with E-state index in [1.807, 2.05) is 0 Å². The lowest BCUT2D eigenvalue weighted by Gasteiger charge is -2.13. The lowest BCUT2D eigenvalue weighted by molar-refractivity contribution is -0.125. The second-order valence-electron chi connectivity index (χ2n) is 5.44. The molecule has 0 aliphatic carbocycles. The fourth-order valence-electron chi connectivity index (χ4n) is 2.30. The number of rotatable bonds is 4. The minimum Gasteiger partial charge on any atom is -0.322 e. The van der Waals surface area contributed by atoms with Gasteiger partial charge in [0.15, 0.2) is 17.5 Å². The van der Waals surface area contributed by atoms with E-state index in [1.54, 1.807) is 12.1 Å². The molecule has 2 aromatic rings. The van der Waals surface area contributed by atoms with Crippen LogP contribution in [0.1, 0.15) is 15.9 Å². The van der Waals surface area contributed by atoms with Crippen molar-refractivity contribution in [2.24, 2.45) is 0 Å².